The zero-order chi connectivity index (χ0) is 41.6. The minimum Gasteiger partial charge on any atom is -0.338 e. The third kappa shape index (κ3) is 6.50. The van der Waals surface area contributed by atoms with Crippen LogP contribution in [0.1, 0.15) is 113 Å². The van der Waals surface area contributed by atoms with Crippen molar-refractivity contribution in [3.05, 3.63) is 81.3 Å². The number of anilines is 2. The van der Waals surface area contributed by atoms with E-state index in [0.717, 1.165) is 89.4 Å². The number of aromatic nitrogens is 4. The second-order valence-electron chi connectivity index (χ2n) is 17.3. The van der Waals surface area contributed by atoms with E-state index in [1.165, 1.54) is 0 Å². The van der Waals surface area contributed by atoms with Crippen molar-refractivity contribution in [3.63, 3.8) is 0 Å². The van der Waals surface area contributed by atoms with Gasteiger partial charge in [0.2, 0.25) is 17.7 Å². The Hall–Kier alpha value is -5.77. The number of hydrogen-bond acceptors (Lipinski definition) is 9. The van der Waals surface area contributed by atoms with E-state index in [9.17, 15) is 32.8 Å². The van der Waals surface area contributed by atoms with Crippen molar-refractivity contribution in [2.45, 2.75) is 109 Å². The standard InChI is InChI=1S/C44H47F2N9O5/c1-24(56)51-13-11-36-35(23-51)41(53-12-3-4-26-14-31(29-18-47-50(2)20-29)32(40(45)46)17-38(26)53)49-54(36)19-25-5-7-30(8-6-25)52-21-27-15-33-34(16-28(27)22-52)44(60)55(43(33)59)37-9-10-39(57)48-42(37)58/h14-18,20,25,30,37,40H,3-13,19,21-23H2,1-2H3,(H,48,57,58). The molecule has 1 saturated carbocycles. The first kappa shape index (κ1) is 38.4. The van der Waals surface area contributed by atoms with Crippen LogP contribution in [0.4, 0.5) is 20.3 Å². The lowest BCUT2D eigenvalue weighted by molar-refractivity contribution is -0.136. The van der Waals surface area contributed by atoms with Gasteiger partial charge >= 0.3 is 0 Å². The summed E-state index contributed by atoms with van der Waals surface area (Å²) in [5.41, 5.74) is 7.64. The number of nitrogens with zero attached hydrogens (tertiary/aromatic N) is 8. The number of halogens is 2. The van der Waals surface area contributed by atoms with E-state index in [1.54, 1.807) is 37.1 Å². The number of nitrogens with one attached hydrogen (secondary N) is 1. The molecule has 0 radical (unpaired) electrons. The summed E-state index contributed by atoms with van der Waals surface area (Å²) < 4.78 is 33.2. The molecular formula is C44H47F2N9O5. The van der Waals surface area contributed by atoms with Crippen molar-refractivity contribution >= 4 is 41.0 Å². The monoisotopic (exact) mass is 819 g/mol. The molecule has 0 bridgehead atoms. The molecule has 14 nitrogen and oxygen atoms in total. The van der Waals surface area contributed by atoms with Crippen molar-refractivity contribution in [3.8, 4) is 11.1 Å². The number of carbonyl (C=O) groups is 5. The van der Waals surface area contributed by atoms with Crippen molar-refractivity contribution in [2.24, 2.45) is 13.0 Å². The van der Waals surface area contributed by atoms with Crippen LogP contribution in [0.25, 0.3) is 11.1 Å². The molecular weight excluding hydrogens is 773 g/mol. The Morgan fingerprint density at radius 1 is 0.867 bits per heavy atom. The van der Waals surface area contributed by atoms with Crippen molar-refractivity contribution in [1.82, 2.24) is 39.6 Å². The van der Waals surface area contributed by atoms with Crippen LogP contribution in [-0.2, 0) is 60.5 Å². The summed E-state index contributed by atoms with van der Waals surface area (Å²) in [5.74, 6) is -0.853. The van der Waals surface area contributed by atoms with Gasteiger partial charge in [0.05, 0.1) is 23.9 Å². The van der Waals surface area contributed by atoms with Crippen LogP contribution in [0.5, 0.6) is 0 Å². The topological polar surface area (TPSA) is 146 Å². The van der Waals surface area contributed by atoms with E-state index < -0.39 is 36.1 Å². The zero-order valence-corrected chi connectivity index (χ0v) is 33.8. The molecule has 60 heavy (non-hydrogen) atoms. The maximum Gasteiger partial charge on any atom is 0.264 e. The molecule has 0 spiro atoms. The molecule has 16 heteroatoms. The fourth-order valence-corrected chi connectivity index (χ4v) is 10.6. The number of piperidine rings is 1. The van der Waals surface area contributed by atoms with E-state index in [4.69, 9.17) is 5.10 Å². The van der Waals surface area contributed by atoms with Crippen LogP contribution in [0.15, 0.2) is 36.7 Å². The van der Waals surface area contributed by atoms with Crippen molar-refractivity contribution < 1.29 is 32.8 Å². The van der Waals surface area contributed by atoms with Crippen LogP contribution in [0.2, 0.25) is 0 Å². The highest BCUT2D eigenvalue weighted by Crippen LogP contribution is 2.44. The summed E-state index contributed by atoms with van der Waals surface area (Å²) >= 11 is 0. The Balaban J connectivity index is 0.850. The highest BCUT2D eigenvalue weighted by atomic mass is 19.3. The number of benzene rings is 2. The molecule has 1 atom stereocenters. The smallest absolute Gasteiger partial charge is 0.264 e. The lowest BCUT2D eigenvalue weighted by Gasteiger charge is -2.35. The summed E-state index contributed by atoms with van der Waals surface area (Å²) in [6.45, 7) is 5.34. The van der Waals surface area contributed by atoms with Gasteiger partial charge < -0.3 is 9.80 Å². The van der Waals surface area contributed by atoms with Gasteiger partial charge in [0, 0.05) is 99.8 Å². The Bertz CT molecular complexity index is 2440. The first-order chi connectivity index (χ1) is 28.9. The molecule has 312 valence electrons. The number of amides is 5. The molecule has 4 aromatic rings. The van der Waals surface area contributed by atoms with E-state index in [0.29, 0.717) is 73.4 Å². The van der Waals surface area contributed by atoms with Gasteiger partial charge in [0.25, 0.3) is 18.2 Å². The first-order valence-electron chi connectivity index (χ1n) is 21.1. The van der Waals surface area contributed by atoms with Crippen LogP contribution in [0.3, 0.4) is 0 Å². The van der Waals surface area contributed by atoms with E-state index in [2.05, 4.69) is 24.9 Å². The highest BCUT2D eigenvalue weighted by molar-refractivity contribution is 6.23. The molecule has 2 fully saturated rings. The van der Waals surface area contributed by atoms with E-state index >= 15 is 0 Å². The van der Waals surface area contributed by atoms with Crippen molar-refractivity contribution in [2.75, 3.05) is 18.0 Å². The maximum atomic E-state index is 14.7. The summed E-state index contributed by atoms with van der Waals surface area (Å²) in [5, 5.41) is 11.7. The fourth-order valence-electron chi connectivity index (χ4n) is 10.6. The van der Waals surface area contributed by atoms with Crippen LogP contribution >= 0.6 is 0 Å². The number of fused-ring (bicyclic) bond motifs is 4. The maximum absolute atomic E-state index is 14.7. The molecule has 10 rings (SSSR count). The predicted octanol–water partition coefficient (Wildman–Crippen LogP) is 5.19. The molecule has 2 aromatic heterocycles. The second-order valence-corrected chi connectivity index (χ2v) is 17.3. The number of carbonyl (C=O) groups excluding carboxylic acids is 5. The minimum atomic E-state index is -2.68. The van der Waals surface area contributed by atoms with Crippen LogP contribution in [0, 0.1) is 5.92 Å². The highest BCUT2D eigenvalue weighted by Gasteiger charge is 2.46. The van der Waals surface area contributed by atoms with Crippen molar-refractivity contribution in [1.29, 1.82) is 0 Å². The molecule has 5 aliphatic heterocycles. The van der Waals surface area contributed by atoms with Gasteiger partial charge in [0.15, 0.2) is 5.82 Å². The summed E-state index contributed by atoms with van der Waals surface area (Å²) in [4.78, 5) is 71.2. The second kappa shape index (κ2) is 14.7. The van der Waals surface area contributed by atoms with E-state index in [-0.39, 0.29) is 24.3 Å². The van der Waals surface area contributed by atoms with Gasteiger partial charge in [-0.05, 0) is 97.4 Å². The Morgan fingerprint density at radius 2 is 1.58 bits per heavy atom. The largest absolute Gasteiger partial charge is 0.338 e. The van der Waals surface area contributed by atoms with Gasteiger partial charge in [-0.15, -0.1) is 0 Å². The van der Waals surface area contributed by atoms with Gasteiger partial charge in [-0.2, -0.15) is 10.2 Å². The molecule has 2 aromatic carbocycles. The van der Waals surface area contributed by atoms with Crippen LogP contribution in [-0.4, -0.2) is 89.0 Å². The lowest BCUT2D eigenvalue weighted by Crippen LogP contribution is -2.54. The average molecular weight is 820 g/mol. The third-order valence-corrected chi connectivity index (χ3v) is 13.7. The van der Waals surface area contributed by atoms with Gasteiger partial charge in [-0.25, -0.2) is 8.78 Å². The normalized spacial score (nSPS) is 22.9. The average Bonchev–Trinajstić information content (AvgIpc) is 4.01. The van der Waals surface area contributed by atoms with Gasteiger partial charge in [-0.3, -0.25) is 48.5 Å². The SMILES string of the molecule is CC(=O)N1CCc2c(c(N3CCCc4cc(-c5cnn(C)c5)c(C(F)F)cc43)nn2CC2CCC(N3Cc4cc5c(cc4C3)C(=O)N(C3CCC(=O)NC3=O)C5=O)CC2)C1. The van der Waals surface area contributed by atoms with Gasteiger partial charge in [0.1, 0.15) is 6.04 Å². The lowest BCUT2D eigenvalue weighted by atomic mass is 9.85. The zero-order valence-electron chi connectivity index (χ0n) is 33.8. The summed E-state index contributed by atoms with van der Waals surface area (Å²) in [7, 11) is 1.77. The van der Waals surface area contributed by atoms with E-state index in [1.807, 2.05) is 23.1 Å². The predicted molar refractivity (Wildman–Crippen MR) is 214 cm³/mol. The minimum absolute atomic E-state index is 0.00103. The Kier molecular flexibility index (Phi) is 9.45. The number of hydrogen-bond donors (Lipinski definition) is 1. The fraction of sp³-hybridized carbons (Fsp3) is 0.477. The molecule has 6 aliphatic rings. The number of imide groups is 2. The Morgan fingerprint density at radius 3 is 2.23 bits per heavy atom. The molecule has 7 heterocycles. The third-order valence-electron chi connectivity index (χ3n) is 13.7. The number of rotatable bonds is 7. The number of alkyl halides is 2. The molecule has 1 unspecified atom stereocenters. The van der Waals surface area contributed by atoms with Crippen LogP contribution < -0.4 is 10.2 Å². The summed E-state index contributed by atoms with van der Waals surface area (Å²) in [6, 6.07) is 6.53. The molecule has 1 saturated heterocycles. The Labute approximate surface area is 345 Å². The van der Waals surface area contributed by atoms with Gasteiger partial charge in [-0.1, -0.05) is 0 Å². The first-order valence-corrected chi connectivity index (χ1v) is 21.1. The molecule has 5 amide bonds. The number of aryl methyl sites for hydroxylation is 2. The summed E-state index contributed by atoms with van der Waals surface area (Å²) in [6.07, 6.45) is 7.16. The molecule has 1 aliphatic carbocycles. The molecule has 1 N–H and O–H groups in total. The quantitative estimate of drug-likeness (QED) is 0.249.